The van der Waals surface area contributed by atoms with Gasteiger partial charge in [-0.2, -0.15) is 0 Å². The van der Waals surface area contributed by atoms with E-state index < -0.39 is 17.9 Å². The summed E-state index contributed by atoms with van der Waals surface area (Å²) in [6, 6.07) is 19.2. The Morgan fingerprint density at radius 1 is 0.636 bits per heavy atom. The molecule has 1 heterocycles. The van der Waals surface area contributed by atoms with Gasteiger partial charge < -0.3 is 15.3 Å². The van der Waals surface area contributed by atoms with Gasteiger partial charge in [0.05, 0.1) is 34.6 Å². The summed E-state index contributed by atoms with van der Waals surface area (Å²) in [5.74, 6) is -3.06. The lowest BCUT2D eigenvalue weighted by molar-refractivity contribution is 0.0686. The zero-order valence-electron chi connectivity index (χ0n) is 17.2. The average molecular weight is 445 g/mol. The lowest BCUT2D eigenvalue weighted by atomic mass is 10.0. The van der Waals surface area contributed by atoms with Crippen molar-refractivity contribution in [3.8, 4) is 0 Å². The van der Waals surface area contributed by atoms with Crippen LogP contribution >= 0.6 is 0 Å². The molecular formula is C24H19N3O6. The number of hydrogen-bond acceptors (Lipinski definition) is 6. The van der Waals surface area contributed by atoms with Crippen LogP contribution in [0.1, 0.15) is 36.6 Å². The maximum atomic E-state index is 11.2. The lowest BCUT2D eigenvalue weighted by Crippen LogP contribution is -2.52. The third kappa shape index (κ3) is 4.68. The highest BCUT2D eigenvalue weighted by molar-refractivity contribution is 5.89. The van der Waals surface area contributed by atoms with Gasteiger partial charge in [0, 0.05) is 6.20 Å². The zero-order chi connectivity index (χ0) is 23.5. The first-order valence-electron chi connectivity index (χ1n) is 9.86. The molecule has 0 amide bonds. The lowest BCUT2D eigenvalue weighted by Gasteiger charge is -2.37. The van der Waals surface area contributed by atoms with Crippen molar-refractivity contribution in [1.82, 2.24) is 5.53 Å². The Balaban J connectivity index is 1.70. The molecule has 0 radical (unpaired) electrons. The molecule has 1 aliphatic rings. The maximum absolute atomic E-state index is 11.2. The normalized spacial score (nSPS) is 13.4. The number of nitrogens with zero attached hydrogens (tertiary/aromatic N) is 2. The summed E-state index contributed by atoms with van der Waals surface area (Å²) in [6.07, 6.45) is 1.84. The number of rotatable bonds is 6. The Labute approximate surface area is 188 Å². The van der Waals surface area contributed by atoms with Crippen LogP contribution in [-0.2, 0) is 0 Å². The van der Waals surface area contributed by atoms with Crippen LogP contribution in [-0.4, -0.2) is 39.8 Å². The Morgan fingerprint density at radius 2 is 1.06 bits per heavy atom. The van der Waals surface area contributed by atoms with E-state index in [0.717, 1.165) is 11.1 Å². The number of hydrogen-bond donors (Lipinski definition) is 4. The highest BCUT2D eigenvalue weighted by Crippen LogP contribution is 2.27. The first-order chi connectivity index (χ1) is 15.8. The molecule has 0 atom stereocenters. The number of carboxylic acids is 3. The van der Waals surface area contributed by atoms with Gasteiger partial charge in [0.1, 0.15) is 0 Å². The first kappa shape index (κ1) is 21.6. The Kier molecular flexibility index (Phi) is 5.79. The van der Waals surface area contributed by atoms with Crippen LogP contribution in [0.4, 0.5) is 11.4 Å². The van der Waals surface area contributed by atoms with E-state index in [1.807, 2.05) is 6.20 Å². The molecule has 4 rings (SSSR count). The topological polar surface area (TPSA) is 130 Å². The summed E-state index contributed by atoms with van der Waals surface area (Å²) >= 11 is 0. The number of nitrogens with one attached hydrogen (secondary N) is 1. The third-order valence-corrected chi connectivity index (χ3v) is 5.16. The predicted octanol–water partition coefficient (Wildman–Crippen LogP) is 3.57. The highest BCUT2D eigenvalue weighted by Gasteiger charge is 2.21. The van der Waals surface area contributed by atoms with E-state index in [4.69, 9.17) is 15.3 Å². The molecule has 0 aliphatic carbocycles. The Hall–Kier alpha value is -4.63. The van der Waals surface area contributed by atoms with Crippen LogP contribution in [0, 0.1) is 0 Å². The number of hydrazine groups is 2. The summed E-state index contributed by atoms with van der Waals surface area (Å²) in [5.41, 5.74) is 6.76. The van der Waals surface area contributed by atoms with Gasteiger partial charge in [-0.05, 0) is 71.8 Å². The van der Waals surface area contributed by atoms with Crippen molar-refractivity contribution in [2.24, 2.45) is 0 Å². The minimum atomic E-state index is -1.02. The van der Waals surface area contributed by atoms with Gasteiger partial charge >= 0.3 is 17.9 Å². The van der Waals surface area contributed by atoms with Crippen molar-refractivity contribution in [2.45, 2.75) is 0 Å². The Morgan fingerprint density at radius 3 is 1.52 bits per heavy atom. The van der Waals surface area contributed by atoms with Gasteiger partial charge in [-0.3, -0.25) is 10.0 Å². The van der Waals surface area contributed by atoms with Crippen molar-refractivity contribution in [3.05, 3.63) is 101 Å². The van der Waals surface area contributed by atoms with Crippen molar-refractivity contribution in [1.29, 1.82) is 0 Å². The summed E-state index contributed by atoms with van der Waals surface area (Å²) < 4.78 is 0. The highest BCUT2D eigenvalue weighted by atomic mass is 16.4. The SMILES string of the molecule is O=C(O)c1ccc(C2=CN(c3ccc(C(=O)O)cc3)NN(c3ccc(C(=O)O)cc3)C2)cc1. The number of carboxylic acid groups (broad SMARTS) is 3. The third-order valence-electron chi connectivity index (χ3n) is 5.16. The van der Waals surface area contributed by atoms with Crippen molar-refractivity contribution < 1.29 is 29.7 Å². The van der Waals surface area contributed by atoms with Crippen LogP contribution in [0.5, 0.6) is 0 Å². The standard InChI is InChI=1S/C24H19N3O6/c28-22(29)16-3-1-15(2-4-16)19-13-26(20-9-5-17(6-10-20)23(30)31)25-27(14-19)21-11-7-18(8-12-21)24(32)33/h1-13,25H,14H2,(H,28,29)(H,30,31)(H,32,33). The molecule has 0 saturated carbocycles. The van der Waals surface area contributed by atoms with E-state index in [2.05, 4.69) is 5.53 Å². The fourth-order valence-electron chi connectivity index (χ4n) is 3.38. The molecule has 33 heavy (non-hydrogen) atoms. The number of carbonyl (C=O) groups is 3. The van der Waals surface area contributed by atoms with Gasteiger partial charge in [-0.1, -0.05) is 12.1 Å². The minimum absolute atomic E-state index is 0.158. The van der Waals surface area contributed by atoms with Crippen LogP contribution in [0.3, 0.4) is 0 Å². The fraction of sp³-hybridized carbons (Fsp3) is 0.0417. The molecule has 0 unspecified atom stereocenters. The summed E-state index contributed by atoms with van der Waals surface area (Å²) in [7, 11) is 0. The maximum Gasteiger partial charge on any atom is 0.335 e. The largest absolute Gasteiger partial charge is 0.478 e. The number of aromatic carboxylic acids is 3. The van der Waals surface area contributed by atoms with Crippen LogP contribution in [0.25, 0.3) is 5.57 Å². The number of benzene rings is 3. The molecule has 1 aliphatic heterocycles. The van der Waals surface area contributed by atoms with E-state index in [-0.39, 0.29) is 16.7 Å². The second-order valence-electron chi connectivity index (χ2n) is 7.30. The molecule has 0 bridgehead atoms. The minimum Gasteiger partial charge on any atom is -0.478 e. The van der Waals surface area contributed by atoms with Crippen LogP contribution < -0.4 is 15.6 Å². The molecule has 3 aromatic rings. The van der Waals surface area contributed by atoms with Gasteiger partial charge in [0.15, 0.2) is 0 Å². The van der Waals surface area contributed by atoms with E-state index in [9.17, 15) is 14.4 Å². The molecular weight excluding hydrogens is 426 g/mol. The van der Waals surface area contributed by atoms with Crippen molar-refractivity contribution in [2.75, 3.05) is 16.6 Å². The summed E-state index contributed by atoms with van der Waals surface area (Å²) in [5, 5.41) is 31.0. The fourth-order valence-corrected chi connectivity index (χ4v) is 3.38. The molecule has 0 saturated heterocycles. The van der Waals surface area contributed by atoms with E-state index >= 15 is 0 Å². The molecule has 0 spiro atoms. The van der Waals surface area contributed by atoms with Crippen LogP contribution in [0.2, 0.25) is 0 Å². The molecule has 4 N–H and O–H groups in total. The Bertz CT molecular complexity index is 1230. The van der Waals surface area contributed by atoms with E-state index in [1.54, 1.807) is 46.4 Å². The quantitative estimate of drug-likeness (QED) is 0.450. The van der Waals surface area contributed by atoms with Gasteiger partial charge in [-0.15, -0.1) is 5.53 Å². The number of anilines is 2. The second kappa shape index (κ2) is 8.85. The van der Waals surface area contributed by atoms with Crippen molar-refractivity contribution in [3.63, 3.8) is 0 Å². The monoisotopic (exact) mass is 445 g/mol. The van der Waals surface area contributed by atoms with E-state index in [0.29, 0.717) is 17.9 Å². The second-order valence-corrected chi connectivity index (χ2v) is 7.30. The summed E-state index contributed by atoms with van der Waals surface area (Å²) in [4.78, 5) is 33.6. The summed E-state index contributed by atoms with van der Waals surface area (Å²) in [6.45, 7) is 0.405. The molecule has 0 aromatic heterocycles. The smallest absolute Gasteiger partial charge is 0.335 e. The molecule has 166 valence electrons. The molecule has 3 aromatic carbocycles. The molecule has 9 nitrogen and oxygen atoms in total. The first-order valence-corrected chi connectivity index (χ1v) is 9.86. The van der Waals surface area contributed by atoms with E-state index in [1.165, 1.54) is 36.4 Å². The van der Waals surface area contributed by atoms with Crippen molar-refractivity contribution >= 4 is 34.9 Å². The molecule has 0 fully saturated rings. The van der Waals surface area contributed by atoms with Gasteiger partial charge in [0.25, 0.3) is 0 Å². The van der Waals surface area contributed by atoms with Gasteiger partial charge in [0.2, 0.25) is 0 Å². The van der Waals surface area contributed by atoms with Gasteiger partial charge in [-0.25, -0.2) is 14.4 Å². The van der Waals surface area contributed by atoms with Crippen LogP contribution in [0.15, 0.2) is 79.0 Å². The zero-order valence-corrected chi connectivity index (χ0v) is 17.2. The molecule has 9 heteroatoms. The average Bonchev–Trinajstić information content (AvgIpc) is 2.84. The predicted molar refractivity (Wildman–Crippen MR) is 121 cm³/mol.